The number of rotatable bonds is 7. The summed E-state index contributed by atoms with van der Waals surface area (Å²) in [4.78, 5) is 0. The normalized spacial score (nSPS) is 13.9. The van der Waals surface area contributed by atoms with E-state index < -0.39 is 0 Å². The van der Waals surface area contributed by atoms with Gasteiger partial charge in [-0.3, -0.25) is 0 Å². The molecule has 0 aromatic heterocycles. The van der Waals surface area contributed by atoms with Crippen LogP contribution in [0.25, 0.3) is 0 Å². The van der Waals surface area contributed by atoms with Crippen molar-refractivity contribution in [3.05, 3.63) is 29.8 Å². The first-order valence-corrected chi connectivity index (χ1v) is 7.99. The van der Waals surface area contributed by atoms with Crippen LogP contribution in [0.1, 0.15) is 27.2 Å². The number of hydrogen-bond acceptors (Lipinski definition) is 4. The van der Waals surface area contributed by atoms with Crippen molar-refractivity contribution in [2.75, 3.05) is 19.2 Å². The maximum Gasteiger partial charge on any atom is 0.231 e. The summed E-state index contributed by atoms with van der Waals surface area (Å²) in [7, 11) is 0. The number of fused-ring (bicyclic) bond motifs is 1. The van der Waals surface area contributed by atoms with Gasteiger partial charge < -0.3 is 14.2 Å². The average Bonchev–Trinajstić information content (AvgIpc) is 2.85. The summed E-state index contributed by atoms with van der Waals surface area (Å²) in [5, 5.41) is 0.702. The van der Waals surface area contributed by atoms with E-state index in [1.165, 1.54) is 11.3 Å². The van der Waals surface area contributed by atoms with Crippen molar-refractivity contribution in [2.45, 2.75) is 32.4 Å². The minimum atomic E-state index is 0.297. The lowest BCUT2D eigenvalue weighted by Gasteiger charge is -2.07. The Balaban J connectivity index is 1.74. The van der Waals surface area contributed by atoms with Gasteiger partial charge in [-0.1, -0.05) is 19.4 Å². The van der Waals surface area contributed by atoms with Crippen molar-refractivity contribution in [1.82, 2.24) is 0 Å². The Bertz CT molecular complexity index is 469. The van der Waals surface area contributed by atoms with Gasteiger partial charge in [0.15, 0.2) is 11.5 Å². The molecule has 0 amide bonds. The van der Waals surface area contributed by atoms with E-state index >= 15 is 0 Å². The second-order valence-corrected chi connectivity index (χ2v) is 6.73. The molecule has 0 bridgehead atoms. The van der Waals surface area contributed by atoms with Crippen molar-refractivity contribution in [3.63, 3.8) is 0 Å². The van der Waals surface area contributed by atoms with Gasteiger partial charge in [0.25, 0.3) is 0 Å². The molecule has 1 aromatic carbocycles. The number of hydrogen-bond donors (Lipinski definition) is 0. The van der Waals surface area contributed by atoms with Crippen LogP contribution in [-0.4, -0.2) is 24.4 Å². The van der Waals surface area contributed by atoms with Gasteiger partial charge in [-0.05, 0) is 42.6 Å². The third-order valence-electron chi connectivity index (χ3n) is 2.97. The Morgan fingerprint density at radius 3 is 2.95 bits per heavy atom. The van der Waals surface area contributed by atoms with Gasteiger partial charge >= 0.3 is 0 Å². The smallest absolute Gasteiger partial charge is 0.231 e. The number of benzene rings is 1. The first kappa shape index (κ1) is 15.1. The fourth-order valence-electron chi connectivity index (χ4n) is 1.80. The Labute approximate surface area is 125 Å². The zero-order chi connectivity index (χ0) is 14.4. The zero-order valence-electron chi connectivity index (χ0n) is 12.3. The summed E-state index contributed by atoms with van der Waals surface area (Å²) in [6.07, 6.45) is 3.26. The van der Waals surface area contributed by atoms with Crippen molar-refractivity contribution in [1.29, 1.82) is 0 Å². The lowest BCUT2D eigenvalue weighted by atomic mass is 10.2. The van der Waals surface area contributed by atoms with Gasteiger partial charge in [-0.25, -0.2) is 0 Å². The molecule has 0 spiro atoms. The molecule has 20 heavy (non-hydrogen) atoms. The van der Waals surface area contributed by atoms with Crippen LogP contribution in [0.3, 0.4) is 0 Å². The zero-order valence-corrected chi connectivity index (χ0v) is 13.2. The minimum Gasteiger partial charge on any atom is -0.489 e. The van der Waals surface area contributed by atoms with Crippen LogP contribution in [0.4, 0.5) is 0 Å². The molecule has 0 fully saturated rings. The predicted molar refractivity (Wildman–Crippen MR) is 84.0 cm³/mol. The molecule has 2 rings (SSSR count). The summed E-state index contributed by atoms with van der Waals surface area (Å²) in [5.41, 5.74) is 1.37. The van der Waals surface area contributed by atoms with Gasteiger partial charge in [-0.15, -0.1) is 0 Å². The fraction of sp³-hybridized carbons (Fsp3) is 0.500. The lowest BCUT2D eigenvalue weighted by Crippen LogP contribution is -1.96. The predicted octanol–water partition coefficient (Wildman–Crippen LogP) is 4.27. The highest BCUT2D eigenvalue weighted by molar-refractivity contribution is 7.99. The van der Waals surface area contributed by atoms with Crippen LogP contribution in [0, 0.1) is 0 Å². The molecule has 0 aliphatic carbocycles. The van der Waals surface area contributed by atoms with Crippen molar-refractivity contribution < 1.29 is 14.2 Å². The molecule has 0 N–H and O–H groups in total. The minimum absolute atomic E-state index is 0.297. The van der Waals surface area contributed by atoms with Crippen molar-refractivity contribution in [3.8, 4) is 17.2 Å². The average molecular weight is 294 g/mol. The molecule has 3 nitrogen and oxygen atoms in total. The highest BCUT2D eigenvalue weighted by atomic mass is 32.2. The molecule has 0 saturated heterocycles. The first-order chi connectivity index (χ1) is 9.65. The summed E-state index contributed by atoms with van der Waals surface area (Å²) >= 11 is 1.99. The molecule has 1 aliphatic rings. The number of allylic oxidation sites excluding steroid dienone is 1. The Hall–Kier alpha value is -1.29. The van der Waals surface area contributed by atoms with Crippen LogP contribution < -0.4 is 14.2 Å². The molecule has 0 saturated carbocycles. The van der Waals surface area contributed by atoms with Crippen LogP contribution in [-0.2, 0) is 0 Å². The van der Waals surface area contributed by atoms with E-state index in [9.17, 15) is 0 Å². The molecular formula is C16H22O3S. The maximum absolute atomic E-state index is 5.71. The molecule has 0 atom stereocenters. The molecule has 110 valence electrons. The van der Waals surface area contributed by atoms with E-state index in [1.54, 1.807) is 0 Å². The molecular weight excluding hydrogens is 272 g/mol. The Morgan fingerprint density at radius 2 is 2.15 bits per heavy atom. The van der Waals surface area contributed by atoms with Crippen molar-refractivity contribution >= 4 is 11.8 Å². The van der Waals surface area contributed by atoms with E-state index in [-0.39, 0.29) is 0 Å². The molecule has 1 aromatic rings. The summed E-state index contributed by atoms with van der Waals surface area (Å²) < 4.78 is 16.3. The van der Waals surface area contributed by atoms with Gasteiger partial charge in [0.05, 0.1) is 0 Å². The SMILES string of the molecule is C/C(=C\COc1ccc2c(c1)OCO2)CCSC(C)C. The van der Waals surface area contributed by atoms with Crippen LogP contribution in [0.5, 0.6) is 17.2 Å². The third-order valence-corrected chi connectivity index (χ3v) is 4.08. The summed E-state index contributed by atoms with van der Waals surface area (Å²) in [6, 6.07) is 5.67. The molecule has 0 unspecified atom stereocenters. The van der Waals surface area contributed by atoms with Gasteiger partial charge in [0.2, 0.25) is 6.79 Å². The van der Waals surface area contributed by atoms with E-state index in [0.29, 0.717) is 18.6 Å². The standard InChI is InChI=1S/C16H22O3S/c1-12(2)20-9-7-13(3)6-8-17-14-4-5-15-16(10-14)19-11-18-15/h4-6,10,12H,7-9,11H2,1-3H3/b13-6+. The summed E-state index contributed by atoms with van der Waals surface area (Å²) in [6.45, 7) is 7.51. The molecule has 1 heterocycles. The third kappa shape index (κ3) is 4.67. The second-order valence-electron chi connectivity index (χ2n) is 5.05. The summed E-state index contributed by atoms with van der Waals surface area (Å²) in [5.74, 6) is 3.53. The molecule has 1 aliphatic heterocycles. The van der Waals surface area contributed by atoms with E-state index in [0.717, 1.165) is 23.7 Å². The van der Waals surface area contributed by atoms with Gasteiger partial charge in [-0.2, -0.15) is 11.8 Å². The highest BCUT2D eigenvalue weighted by Crippen LogP contribution is 2.35. The molecule has 0 radical (unpaired) electrons. The Kier molecular flexibility index (Phi) is 5.65. The topological polar surface area (TPSA) is 27.7 Å². The van der Waals surface area contributed by atoms with Crippen molar-refractivity contribution in [2.24, 2.45) is 0 Å². The lowest BCUT2D eigenvalue weighted by molar-refractivity contribution is 0.174. The number of thioether (sulfide) groups is 1. The fourth-order valence-corrected chi connectivity index (χ4v) is 2.72. The highest BCUT2D eigenvalue weighted by Gasteiger charge is 2.13. The monoisotopic (exact) mass is 294 g/mol. The van der Waals surface area contributed by atoms with Gasteiger partial charge in [0.1, 0.15) is 12.4 Å². The number of ether oxygens (including phenoxy) is 3. The van der Waals surface area contributed by atoms with Crippen LogP contribution in [0.2, 0.25) is 0 Å². The second kappa shape index (κ2) is 7.48. The Morgan fingerprint density at radius 1 is 1.35 bits per heavy atom. The van der Waals surface area contributed by atoms with E-state index in [4.69, 9.17) is 14.2 Å². The van der Waals surface area contributed by atoms with E-state index in [1.807, 2.05) is 30.0 Å². The quantitative estimate of drug-likeness (QED) is 0.702. The van der Waals surface area contributed by atoms with Gasteiger partial charge in [0, 0.05) is 6.07 Å². The van der Waals surface area contributed by atoms with Crippen LogP contribution >= 0.6 is 11.8 Å². The largest absolute Gasteiger partial charge is 0.489 e. The maximum atomic E-state index is 5.71. The van der Waals surface area contributed by atoms with Crippen LogP contribution in [0.15, 0.2) is 29.8 Å². The van der Waals surface area contributed by atoms with E-state index in [2.05, 4.69) is 26.8 Å². The molecule has 4 heteroatoms. The first-order valence-electron chi connectivity index (χ1n) is 6.95.